The fourth-order valence-corrected chi connectivity index (χ4v) is 2.53. The molecule has 1 aromatic carbocycles. The lowest BCUT2D eigenvalue weighted by Crippen LogP contribution is -2.39. The summed E-state index contributed by atoms with van der Waals surface area (Å²) in [6, 6.07) is 5.34. The average Bonchev–Trinajstić information content (AvgIpc) is 2.39. The zero-order valence-electron chi connectivity index (χ0n) is 11.5. The molecule has 0 atom stereocenters. The quantitative estimate of drug-likeness (QED) is 0.747. The Kier molecular flexibility index (Phi) is 4.29. The van der Waals surface area contributed by atoms with Crippen molar-refractivity contribution in [2.24, 2.45) is 0 Å². The third-order valence-corrected chi connectivity index (χ3v) is 3.73. The van der Waals surface area contributed by atoms with Crippen LogP contribution in [-0.2, 0) is 20.7 Å². The van der Waals surface area contributed by atoms with Gasteiger partial charge in [0, 0.05) is 18.7 Å². The molecule has 1 aliphatic heterocycles. The molecule has 0 spiro atoms. The minimum Gasteiger partial charge on any atom is -0.497 e. The summed E-state index contributed by atoms with van der Waals surface area (Å²) in [5.41, 5.74) is 1.59. The number of benzene rings is 1. The molecule has 0 unspecified atom stereocenters. The number of nitrogens with zero attached hydrogens (tertiary/aromatic N) is 1. The van der Waals surface area contributed by atoms with Crippen LogP contribution in [0.3, 0.4) is 0 Å². The molecule has 0 bridgehead atoms. The van der Waals surface area contributed by atoms with Crippen molar-refractivity contribution in [3.63, 3.8) is 0 Å². The van der Waals surface area contributed by atoms with Crippen LogP contribution in [0.2, 0.25) is 0 Å². The molecule has 0 aliphatic carbocycles. The maximum atomic E-state index is 12.3. The molecule has 0 radical (unpaired) electrons. The smallest absolute Gasteiger partial charge is 0.264 e. The van der Waals surface area contributed by atoms with Crippen LogP contribution < -0.4 is 4.74 Å². The molecule has 6 nitrogen and oxygen atoms in total. The normalized spacial score (nSPS) is 15.1. The highest BCUT2D eigenvalue weighted by atomic mass is 32.2. The van der Waals surface area contributed by atoms with Gasteiger partial charge in [-0.3, -0.25) is 8.98 Å². The fraction of sp³-hybridized carbons (Fsp3) is 0.462. The van der Waals surface area contributed by atoms with E-state index >= 15 is 0 Å². The maximum absolute atomic E-state index is 12.3. The minimum absolute atomic E-state index is 0.0178. The highest BCUT2D eigenvalue weighted by Crippen LogP contribution is 2.23. The number of carbonyl (C=O) groups is 1. The van der Waals surface area contributed by atoms with E-state index in [9.17, 15) is 13.2 Å². The van der Waals surface area contributed by atoms with Crippen molar-refractivity contribution in [2.75, 3.05) is 33.1 Å². The van der Waals surface area contributed by atoms with Crippen molar-refractivity contribution in [2.45, 2.75) is 6.42 Å². The fourth-order valence-electron chi connectivity index (χ4n) is 2.15. The molecule has 0 aromatic heterocycles. The van der Waals surface area contributed by atoms with Crippen LogP contribution in [0.5, 0.6) is 5.75 Å². The summed E-state index contributed by atoms with van der Waals surface area (Å²) in [4.78, 5) is 13.8. The van der Waals surface area contributed by atoms with E-state index in [1.165, 1.54) is 0 Å². The van der Waals surface area contributed by atoms with Gasteiger partial charge in [0.15, 0.2) is 0 Å². The van der Waals surface area contributed by atoms with Crippen molar-refractivity contribution in [3.05, 3.63) is 29.3 Å². The van der Waals surface area contributed by atoms with Gasteiger partial charge in [-0.2, -0.15) is 8.42 Å². The SMILES string of the molecule is COc1ccc2c(c1)CCN(CCOS(C)(=O)=O)C2=O. The molecule has 0 saturated carbocycles. The number of ether oxygens (including phenoxy) is 1. The second-order valence-electron chi connectivity index (χ2n) is 4.59. The Labute approximate surface area is 118 Å². The Morgan fingerprint density at radius 1 is 1.35 bits per heavy atom. The first-order valence-corrected chi connectivity index (χ1v) is 8.03. The van der Waals surface area contributed by atoms with Gasteiger partial charge in [0.25, 0.3) is 16.0 Å². The Balaban J connectivity index is 2.04. The van der Waals surface area contributed by atoms with E-state index in [4.69, 9.17) is 4.74 Å². The number of fused-ring (bicyclic) bond motifs is 1. The summed E-state index contributed by atoms with van der Waals surface area (Å²) in [6.07, 6.45) is 1.71. The number of carbonyl (C=O) groups excluding carboxylic acids is 1. The first-order chi connectivity index (χ1) is 9.40. The number of hydrogen-bond acceptors (Lipinski definition) is 5. The summed E-state index contributed by atoms with van der Waals surface area (Å²) in [6.45, 7) is 0.791. The van der Waals surface area contributed by atoms with E-state index in [1.807, 2.05) is 6.07 Å². The Bertz CT molecular complexity index is 611. The zero-order valence-corrected chi connectivity index (χ0v) is 12.3. The molecule has 1 aliphatic rings. The summed E-state index contributed by atoms with van der Waals surface area (Å²) >= 11 is 0. The third kappa shape index (κ3) is 3.49. The monoisotopic (exact) mass is 299 g/mol. The van der Waals surface area contributed by atoms with Crippen LogP contribution in [-0.4, -0.2) is 52.3 Å². The van der Waals surface area contributed by atoms with E-state index in [2.05, 4.69) is 4.18 Å². The maximum Gasteiger partial charge on any atom is 0.264 e. The topological polar surface area (TPSA) is 72.9 Å². The summed E-state index contributed by atoms with van der Waals surface area (Å²) in [5, 5.41) is 0. The van der Waals surface area contributed by atoms with E-state index in [1.54, 1.807) is 24.1 Å². The average molecular weight is 299 g/mol. The van der Waals surface area contributed by atoms with E-state index in [-0.39, 0.29) is 19.1 Å². The number of methoxy groups -OCH3 is 1. The van der Waals surface area contributed by atoms with Gasteiger partial charge < -0.3 is 9.64 Å². The molecule has 110 valence electrons. The molecule has 7 heteroatoms. The Morgan fingerprint density at radius 3 is 2.75 bits per heavy atom. The van der Waals surface area contributed by atoms with Crippen LogP contribution in [0.1, 0.15) is 15.9 Å². The molecule has 0 fully saturated rings. The van der Waals surface area contributed by atoms with Crippen molar-refractivity contribution in [1.82, 2.24) is 4.90 Å². The van der Waals surface area contributed by atoms with Gasteiger partial charge in [-0.25, -0.2) is 0 Å². The van der Waals surface area contributed by atoms with Crippen LogP contribution in [0.15, 0.2) is 18.2 Å². The van der Waals surface area contributed by atoms with Crippen LogP contribution in [0.25, 0.3) is 0 Å². The van der Waals surface area contributed by atoms with Crippen molar-refractivity contribution >= 4 is 16.0 Å². The zero-order chi connectivity index (χ0) is 14.8. The Morgan fingerprint density at radius 2 is 2.10 bits per heavy atom. The predicted molar refractivity (Wildman–Crippen MR) is 73.4 cm³/mol. The van der Waals surface area contributed by atoms with Gasteiger partial charge in [-0.15, -0.1) is 0 Å². The highest BCUT2D eigenvalue weighted by Gasteiger charge is 2.24. The van der Waals surface area contributed by atoms with Crippen molar-refractivity contribution < 1.29 is 22.1 Å². The Hall–Kier alpha value is -1.60. The van der Waals surface area contributed by atoms with Gasteiger partial charge in [0.05, 0.1) is 20.0 Å². The molecule has 1 amide bonds. The number of amides is 1. The lowest BCUT2D eigenvalue weighted by molar-refractivity contribution is 0.0715. The lowest BCUT2D eigenvalue weighted by Gasteiger charge is -2.28. The van der Waals surface area contributed by atoms with Crippen LogP contribution >= 0.6 is 0 Å². The van der Waals surface area contributed by atoms with Gasteiger partial charge >= 0.3 is 0 Å². The molecular weight excluding hydrogens is 282 g/mol. The van der Waals surface area contributed by atoms with Crippen LogP contribution in [0, 0.1) is 0 Å². The molecule has 0 N–H and O–H groups in total. The molecule has 2 rings (SSSR count). The number of hydrogen-bond donors (Lipinski definition) is 0. The van der Waals surface area contributed by atoms with Crippen molar-refractivity contribution in [3.8, 4) is 5.75 Å². The van der Waals surface area contributed by atoms with Crippen molar-refractivity contribution in [1.29, 1.82) is 0 Å². The standard InChI is InChI=1S/C13H17NO5S/c1-18-11-3-4-12-10(9-11)5-6-14(13(12)15)7-8-19-20(2,16)17/h3-4,9H,5-8H2,1-2H3. The predicted octanol–water partition coefficient (Wildman–Crippen LogP) is 0.670. The summed E-state index contributed by atoms with van der Waals surface area (Å²) in [5.74, 6) is 0.622. The van der Waals surface area contributed by atoms with Gasteiger partial charge in [-0.1, -0.05) is 0 Å². The molecule has 0 saturated heterocycles. The van der Waals surface area contributed by atoms with E-state index in [0.29, 0.717) is 12.1 Å². The summed E-state index contributed by atoms with van der Waals surface area (Å²) < 4.78 is 31.6. The van der Waals surface area contributed by atoms with Gasteiger partial charge in [0.2, 0.25) is 0 Å². The van der Waals surface area contributed by atoms with E-state index < -0.39 is 10.1 Å². The minimum atomic E-state index is -3.47. The molecular formula is C13H17NO5S. The second kappa shape index (κ2) is 5.80. The molecule has 1 aromatic rings. The first-order valence-electron chi connectivity index (χ1n) is 6.21. The molecule has 20 heavy (non-hydrogen) atoms. The van der Waals surface area contributed by atoms with Gasteiger partial charge in [-0.05, 0) is 30.2 Å². The highest BCUT2D eigenvalue weighted by molar-refractivity contribution is 7.85. The largest absolute Gasteiger partial charge is 0.497 e. The van der Waals surface area contributed by atoms with Crippen LogP contribution in [0.4, 0.5) is 0 Å². The second-order valence-corrected chi connectivity index (χ2v) is 6.24. The van der Waals surface area contributed by atoms with Gasteiger partial charge in [0.1, 0.15) is 5.75 Å². The van der Waals surface area contributed by atoms with E-state index in [0.717, 1.165) is 24.0 Å². The molecule has 1 heterocycles. The lowest BCUT2D eigenvalue weighted by atomic mass is 9.99. The first kappa shape index (κ1) is 14.8. The summed E-state index contributed by atoms with van der Waals surface area (Å²) in [7, 11) is -1.88. The number of rotatable bonds is 5. The third-order valence-electron chi connectivity index (χ3n) is 3.14.